The zero-order valence-corrected chi connectivity index (χ0v) is 6.01. The van der Waals surface area contributed by atoms with Gasteiger partial charge in [-0.15, -0.1) is 0 Å². The Kier molecular flexibility index (Phi) is 2.17. The molecule has 0 unspecified atom stereocenters. The summed E-state index contributed by atoms with van der Waals surface area (Å²) in [6.45, 7) is 0. The molecule has 8 heavy (non-hydrogen) atoms. The van der Waals surface area contributed by atoms with Crippen molar-refractivity contribution in [2.24, 2.45) is 0 Å². The molecule has 0 spiro atoms. The Morgan fingerprint density at radius 3 is 0.625 bits per heavy atom. The van der Waals surface area contributed by atoms with E-state index in [1.54, 1.807) is 0 Å². The first-order valence-corrected chi connectivity index (χ1v) is 4.24. The van der Waals surface area contributed by atoms with Crippen molar-refractivity contribution in [2.45, 2.75) is 0 Å². The fraction of sp³-hybridized carbons (Fsp3) is 0. The van der Waals surface area contributed by atoms with E-state index >= 15 is 0 Å². The Balaban J connectivity index is 0. The summed E-state index contributed by atoms with van der Waals surface area (Å²) in [7, 11) is 0. The van der Waals surface area contributed by atoms with E-state index in [0.29, 0.717) is 0 Å². The molecule has 0 N–H and O–H groups in total. The van der Waals surface area contributed by atoms with Crippen LogP contribution in [0.15, 0.2) is 0 Å². The maximum Gasteiger partial charge on any atom is 2.00 e. The summed E-state index contributed by atoms with van der Waals surface area (Å²) >= 11 is -10.9. The molecular weight excluding hydrogens is 327 g/mol. The number of hydrogen-bond acceptors (Lipinski definition) is 0. The third-order valence-electron chi connectivity index (χ3n) is 0. The summed E-state index contributed by atoms with van der Waals surface area (Å²) in [5.74, 6) is 0. The number of rotatable bonds is 0. The second kappa shape index (κ2) is 1.49. The van der Waals surface area contributed by atoms with Crippen LogP contribution in [0.1, 0.15) is 0 Å². The topological polar surface area (TPSA) is 0 Å². The van der Waals surface area contributed by atoms with Gasteiger partial charge in [0.25, 0.3) is 0 Å². The first kappa shape index (κ1) is 11.7. The maximum absolute atomic E-state index is 10.9. The Bertz CT molecular complexity index is 65.1. The fourth-order valence-corrected chi connectivity index (χ4v) is 0. The van der Waals surface area contributed by atoms with Crippen LogP contribution in [0.3, 0.4) is 0 Å². The molecule has 0 fully saturated rings. The summed E-state index contributed by atoms with van der Waals surface area (Å²) in [4.78, 5) is 0. The second-order valence-electron chi connectivity index (χ2n) is 0.678. The third-order valence-corrected chi connectivity index (χ3v) is 0. The van der Waals surface area contributed by atoms with Crippen LogP contribution in [0.4, 0.5) is 19.3 Å². The minimum Gasteiger partial charge on any atom is 2.00 e. The van der Waals surface area contributed by atoms with Gasteiger partial charge in [0.05, 0.1) is 0 Å². The van der Waals surface area contributed by atoms with Gasteiger partial charge in [-0.05, 0) is 0 Å². The van der Waals surface area contributed by atoms with E-state index in [1.165, 1.54) is 0 Å². The Labute approximate surface area is 56.2 Å². The van der Waals surface area contributed by atoms with Crippen LogP contribution in [0.2, 0.25) is 0 Å². The van der Waals surface area contributed by atoms with Crippen LogP contribution in [0.25, 0.3) is 0 Å². The van der Waals surface area contributed by atoms with Crippen molar-refractivity contribution >= 4 is 0 Å². The van der Waals surface area contributed by atoms with E-state index in [0.717, 1.165) is 0 Å². The van der Waals surface area contributed by atoms with Gasteiger partial charge < -0.3 is 0 Å². The van der Waals surface area contributed by atoms with E-state index in [2.05, 4.69) is 0 Å². The quantitative estimate of drug-likeness (QED) is 0.474. The monoisotopic (exact) mass is 326 g/mol. The molecule has 0 heterocycles. The van der Waals surface area contributed by atoms with Gasteiger partial charge in [0, 0.05) is 0 Å². The van der Waals surface area contributed by atoms with Crippen molar-refractivity contribution in [3.63, 3.8) is 0 Å². The summed E-state index contributed by atoms with van der Waals surface area (Å²) in [6, 6.07) is 0. The Morgan fingerprint density at radius 2 is 0.625 bits per heavy atom. The van der Waals surface area contributed by atoms with Crippen LogP contribution < -0.4 is 0 Å². The molecule has 0 atom stereocenters. The van der Waals surface area contributed by atoms with Crippen LogP contribution >= 0.6 is 0 Å². The summed E-state index contributed by atoms with van der Waals surface area (Å²) in [5.41, 5.74) is 0. The van der Waals surface area contributed by atoms with Gasteiger partial charge in [-0.2, -0.15) is 0 Å². The number of hydrogen-bond donors (Lipinski definition) is 0. The van der Waals surface area contributed by atoms with Gasteiger partial charge in [0.1, 0.15) is 0 Å². The van der Waals surface area contributed by atoms with E-state index in [4.69, 9.17) is 0 Å². The second-order valence-corrected chi connectivity index (χ2v) is 4.01. The van der Waals surface area contributed by atoms with Gasteiger partial charge in [-0.1, -0.05) is 0 Å². The van der Waals surface area contributed by atoms with Crippen molar-refractivity contribution in [2.75, 3.05) is 0 Å². The molecule has 0 amide bonds. The van der Waals surface area contributed by atoms with Crippen molar-refractivity contribution in [3.05, 3.63) is 0 Å². The molecular formula is F6Pd2. The fourth-order valence-electron chi connectivity index (χ4n) is 0. The molecule has 0 aliphatic rings. The molecule has 0 radical (unpaired) electrons. The van der Waals surface area contributed by atoms with Crippen LogP contribution in [0.5, 0.6) is 0 Å². The first-order valence-electron chi connectivity index (χ1n) is 0.717. The Morgan fingerprint density at radius 1 is 0.625 bits per heavy atom. The zero-order chi connectivity index (χ0) is 6.41. The largest absolute Gasteiger partial charge is 2.00 e. The van der Waals surface area contributed by atoms with E-state index in [1.807, 2.05) is 0 Å². The normalized spacial score (nSPS) is 20.2. The molecule has 0 aromatic carbocycles. The molecule has 0 rings (SSSR count). The van der Waals surface area contributed by atoms with Gasteiger partial charge in [-0.3, -0.25) is 0 Å². The van der Waals surface area contributed by atoms with E-state index in [9.17, 15) is 19.3 Å². The van der Waals surface area contributed by atoms with E-state index < -0.39 is 16.2 Å². The smallest absolute Gasteiger partial charge is 2.00 e. The molecule has 0 aliphatic heterocycles. The van der Waals surface area contributed by atoms with Crippen molar-refractivity contribution in [3.8, 4) is 0 Å². The van der Waals surface area contributed by atoms with Crippen molar-refractivity contribution in [1.82, 2.24) is 0 Å². The van der Waals surface area contributed by atoms with Crippen LogP contribution in [-0.4, -0.2) is 0 Å². The van der Waals surface area contributed by atoms with Gasteiger partial charge in [0.2, 0.25) is 0 Å². The minimum absolute atomic E-state index is 0. The predicted octanol–water partition coefficient (Wildman–Crippen LogP) is 2.52. The molecule has 0 saturated heterocycles. The first-order chi connectivity index (χ1) is 2.45. The molecule has 0 saturated carbocycles. The van der Waals surface area contributed by atoms with Gasteiger partial charge in [-0.25, -0.2) is 0 Å². The molecule has 62 valence electrons. The van der Waals surface area contributed by atoms with Gasteiger partial charge >= 0.3 is 55.9 Å². The Hall–Kier alpha value is 0.905. The molecule has 0 bridgehead atoms. The van der Waals surface area contributed by atoms with Crippen molar-refractivity contribution in [1.29, 1.82) is 0 Å². The minimum atomic E-state index is -10.9. The van der Waals surface area contributed by atoms with Crippen LogP contribution in [0, 0.1) is 0 Å². The van der Waals surface area contributed by atoms with Crippen molar-refractivity contribution < 1.29 is 55.9 Å². The number of halogens is 6. The molecule has 8 heteroatoms. The average Bonchev–Trinajstić information content (AvgIpc) is 0.592. The summed E-state index contributed by atoms with van der Waals surface area (Å²) in [6.07, 6.45) is 0. The average molecular weight is 327 g/mol. The van der Waals surface area contributed by atoms with Crippen LogP contribution in [-0.2, 0) is 36.6 Å². The molecule has 0 aliphatic carbocycles. The molecule has 0 aromatic rings. The van der Waals surface area contributed by atoms with E-state index in [-0.39, 0.29) is 20.4 Å². The SMILES string of the molecule is [F][Pd-2]([F])([F])([F])([F])[F].[Pd+2]. The molecule has 0 aromatic heterocycles. The summed E-state index contributed by atoms with van der Waals surface area (Å²) < 4.78 is 59.4. The summed E-state index contributed by atoms with van der Waals surface area (Å²) in [5, 5.41) is 0. The standard InChI is InChI=1S/6FH.2Pd/h6*1H;;/q;;;;;;+2;+4/p-6. The third kappa shape index (κ3) is 294. The predicted molar refractivity (Wildman–Crippen MR) is 6.65 cm³/mol. The zero-order valence-electron chi connectivity index (χ0n) is 2.90. The molecule has 0 nitrogen and oxygen atoms in total. The van der Waals surface area contributed by atoms with Gasteiger partial charge in [0.15, 0.2) is 0 Å². The maximum atomic E-state index is 9.89.